The molecule has 1 heterocycles. The van der Waals surface area contributed by atoms with E-state index in [4.69, 9.17) is 5.11 Å². The van der Waals surface area contributed by atoms with Crippen LogP contribution in [0.15, 0.2) is 17.1 Å². The van der Waals surface area contributed by atoms with Crippen molar-refractivity contribution in [1.82, 2.24) is 4.98 Å². The zero-order chi connectivity index (χ0) is 10.6. The van der Waals surface area contributed by atoms with Crippen LogP contribution in [0, 0.1) is 11.8 Å². The summed E-state index contributed by atoms with van der Waals surface area (Å²) in [7, 11) is 1.21. The second kappa shape index (κ2) is 4.14. The van der Waals surface area contributed by atoms with Crippen LogP contribution in [0.5, 0.6) is 5.75 Å². The van der Waals surface area contributed by atoms with Crippen LogP contribution in [0.1, 0.15) is 5.56 Å². The predicted octanol–water partition coefficient (Wildman–Crippen LogP) is -0.395. The number of aromatic hydroxyl groups is 1. The first-order chi connectivity index (χ1) is 6.63. The summed E-state index contributed by atoms with van der Waals surface area (Å²) in [5.74, 6) is 3.43. The SMILES string of the molecule is COC(=O)C#Cc1c[nH]c(=O)c(O)c1. The highest BCUT2D eigenvalue weighted by molar-refractivity contribution is 5.88. The normalized spacial score (nSPS) is 8.64. The van der Waals surface area contributed by atoms with Crippen molar-refractivity contribution in [3.8, 4) is 17.6 Å². The molecule has 2 N–H and O–H groups in total. The highest BCUT2D eigenvalue weighted by atomic mass is 16.5. The number of H-pyrrole nitrogens is 1. The molecule has 0 unspecified atom stereocenters. The minimum atomic E-state index is -0.685. The van der Waals surface area contributed by atoms with Crippen LogP contribution < -0.4 is 5.56 Å². The van der Waals surface area contributed by atoms with Gasteiger partial charge in [0.15, 0.2) is 5.75 Å². The van der Waals surface area contributed by atoms with Crippen molar-refractivity contribution in [1.29, 1.82) is 0 Å². The van der Waals surface area contributed by atoms with Gasteiger partial charge in [-0.1, -0.05) is 5.92 Å². The summed E-state index contributed by atoms with van der Waals surface area (Å²) in [6.07, 6.45) is 1.29. The Morgan fingerprint density at radius 2 is 2.36 bits per heavy atom. The number of hydrogen-bond acceptors (Lipinski definition) is 4. The van der Waals surface area contributed by atoms with E-state index < -0.39 is 17.3 Å². The van der Waals surface area contributed by atoms with Gasteiger partial charge in [-0.15, -0.1) is 0 Å². The maximum atomic E-state index is 10.7. The number of aromatic amines is 1. The molecule has 0 amide bonds. The molecule has 0 fully saturated rings. The Bertz CT molecular complexity index is 464. The third-order valence-corrected chi connectivity index (χ3v) is 1.38. The summed E-state index contributed by atoms with van der Waals surface area (Å²) in [6, 6.07) is 1.16. The first kappa shape index (κ1) is 9.86. The number of ether oxygens (including phenoxy) is 1. The van der Waals surface area contributed by atoms with Crippen molar-refractivity contribution in [2.45, 2.75) is 0 Å². The first-order valence-electron chi connectivity index (χ1n) is 3.65. The van der Waals surface area contributed by atoms with Gasteiger partial charge in [0, 0.05) is 23.7 Å². The number of carbonyl (C=O) groups is 1. The van der Waals surface area contributed by atoms with E-state index >= 15 is 0 Å². The van der Waals surface area contributed by atoms with E-state index in [1.54, 1.807) is 0 Å². The molecule has 0 aliphatic heterocycles. The van der Waals surface area contributed by atoms with Crippen molar-refractivity contribution < 1.29 is 14.6 Å². The van der Waals surface area contributed by atoms with Gasteiger partial charge in [-0.05, 0) is 0 Å². The van der Waals surface area contributed by atoms with Gasteiger partial charge in [0.25, 0.3) is 5.56 Å². The van der Waals surface area contributed by atoms with Crippen LogP contribution >= 0.6 is 0 Å². The maximum absolute atomic E-state index is 10.7. The van der Waals surface area contributed by atoms with Crippen LogP contribution in [-0.2, 0) is 9.53 Å². The molecule has 0 atom stereocenters. The zero-order valence-corrected chi connectivity index (χ0v) is 7.33. The molecular weight excluding hydrogens is 186 g/mol. The molecule has 1 aromatic heterocycles. The number of esters is 1. The molecule has 0 saturated carbocycles. The number of methoxy groups -OCH3 is 1. The Balaban J connectivity index is 2.97. The molecule has 0 aliphatic carbocycles. The Kier molecular flexibility index (Phi) is 2.92. The Labute approximate surface area is 79.3 Å². The van der Waals surface area contributed by atoms with Crippen molar-refractivity contribution in [3.05, 3.63) is 28.2 Å². The summed E-state index contributed by atoms with van der Waals surface area (Å²) in [5.41, 5.74) is -0.277. The molecule has 0 radical (unpaired) electrons. The van der Waals surface area contributed by atoms with E-state index in [0.29, 0.717) is 5.56 Å². The quantitative estimate of drug-likeness (QED) is 0.434. The standard InChI is InChI=1S/C9H7NO4/c1-14-8(12)3-2-6-4-7(11)9(13)10-5-6/h4-5,11H,1H3,(H,10,13). The number of nitrogens with one attached hydrogen (secondary N) is 1. The minimum absolute atomic E-state index is 0.326. The highest BCUT2D eigenvalue weighted by Crippen LogP contribution is 2.01. The predicted molar refractivity (Wildman–Crippen MR) is 47.6 cm³/mol. The molecule has 0 bridgehead atoms. The Hall–Kier alpha value is -2.22. The smallest absolute Gasteiger partial charge is 0.384 e. The fourth-order valence-electron chi connectivity index (χ4n) is 0.718. The van der Waals surface area contributed by atoms with Gasteiger partial charge < -0.3 is 14.8 Å². The van der Waals surface area contributed by atoms with Crippen molar-refractivity contribution in [3.63, 3.8) is 0 Å². The lowest BCUT2D eigenvalue weighted by molar-refractivity contribution is -0.133. The van der Waals surface area contributed by atoms with Crippen LogP contribution in [0.3, 0.4) is 0 Å². The summed E-state index contributed by atoms with van der Waals surface area (Å²) in [5, 5.41) is 8.99. The monoisotopic (exact) mass is 193 g/mol. The van der Waals surface area contributed by atoms with Gasteiger partial charge in [0.1, 0.15) is 0 Å². The maximum Gasteiger partial charge on any atom is 0.384 e. The lowest BCUT2D eigenvalue weighted by Crippen LogP contribution is -2.03. The average Bonchev–Trinajstić information content (AvgIpc) is 2.19. The fraction of sp³-hybridized carbons (Fsp3) is 0.111. The van der Waals surface area contributed by atoms with Crippen molar-refractivity contribution in [2.24, 2.45) is 0 Å². The number of carbonyl (C=O) groups excluding carboxylic acids is 1. The van der Waals surface area contributed by atoms with Gasteiger partial charge >= 0.3 is 5.97 Å². The van der Waals surface area contributed by atoms with Crippen molar-refractivity contribution in [2.75, 3.05) is 7.11 Å². The second-order valence-corrected chi connectivity index (χ2v) is 2.34. The number of hydrogen-bond donors (Lipinski definition) is 2. The highest BCUT2D eigenvalue weighted by Gasteiger charge is 1.96. The van der Waals surface area contributed by atoms with Gasteiger partial charge in [0.05, 0.1) is 7.11 Å². The molecule has 0 spiro atoms. The van der Waals surface area contributed by atoms with E-state index in [1.165, 1.54) is 13.3 Å². The van der Waals surface area contributed by atoms with E-state index in [2.05, 4.69) is 21.6 Å². The van der Waals surface area contributed by atoms with E-state index in [9.17, 15) is 9.59 Å². The van der Waals surface area contributed by atoms with Crippen molar-refractivity contribution >= 4 is 5.97 Å². The van der Waals surface area contributed by atoms with Gasteiger partial charge in [-0.2, -0.15) is 0 Å². The van der Waals surface area contributed by atoms with Crippen LogP contribution in [0.25, 0.3) is 0 Å². The first-order valence-corrected chi connectivity index (χ1v) is 3.65. The zero-order valence-electron chi connectivity index (χ0n) is 7.33. The number of rotatable bonds is 0. The Morgan fingerprint density at radius 1 is 1.64 bits per heavy atom. The molecule has 5 nitrogen and oxygen atoms in total. The number of pyridine rings is 1. The molecule has 0 aromatic carbocycles. The van der Waals surface area contributed by atoms with Gasteiger partial charge in [-0.25, -0.2) is 4.79 Å². The van der Waals surface area contributed by atoms with Gasteiger partial charge in [0.2, 0.25) is 0 Å². The van der Waals surface area contributed by atoms with Crippen LogP contribution in [0.4, 0.5) is 0 Å². The molecule has 14 heavy (non-hydrogen) atoms. The molecule has 1 rings (SSSR count). The summed E-state index contributed by atoms with van der Waals surface area (Å²) in [6.45, 7) is 0. The number of aromatic nitrogens is 1. The topological polar surface area (TPSA) is 79.4 Å². The lowest BCUT2D eigenvalue weighted by Gasteiger charge is -1.91. The van der Waals surface area contributed by atoms with Gasteiger partial charge in [-0.3, -0.25) is 4.79 Å². The third kappa shape index (κ3) is 2.38. The molecule has 0 aliphatic rings. The molecule has 5 heteroatoms. The third-order valence-electron chi connectivity index (χ3n) is 1.38. The van der Waals surface area contributed by atoms with E-state index in [0.717, 1.165) is 6.07 Å². The molecular formula is C9H7NO4. The summed E-state index contributed by atoms with van der Waals surface area (Å²) >= 11 is 0. The molecule has 1 aromatic rings. The Morgan fingerprint density at radius 3 is 2.93 bits per heavy atom. The summed E-state index contributed by atoms with van der Waals surface area (Å²) in [4.78, 5) is 23.6. The lowest BCUT2D eigenvalue weighted by atomic mass is 10.3. The second-order valence-electron chi connectivity index (χ2n) is 2.34. The molecule has 0 saturated heterocycles. The van der Waals surface area contributed by atoms with E-state index in [1.807, 2.05) is 0 Å². The fourth-order valence-corrected chi connectivity index (χ4v) is 0.718. The average molecular weight is 193 g/mol. The summed E-state index contributed by atoms with van der Waals surface area (Å²) < 4.78 is 4.28. The van der Waals surface area contributed by atoms with E-state index in [-0.39, 0.29) is 0 Å². The van der Waals surface area contributed by atoms with Crippen LogP contribution in [0.2, 0.25) is 0 Å². The largest absolute Gasteiger partial charge is 0.503 e. The van der Waals surface area contributed by atoms with Crippen LogP contribution in [-0.4, -0.2) is 23.2 Å². The molecule has 72 valence electrons. The minimum Gasteiger partial charge on any atom is -0.503 e.